The molecule has 12 heteroatoms. The molecule has 0 amide bonds. The van der Waals surface area contributed by atoms with E-state index in [1.807, 2.05) is 4.72 Å². The molecule has 0 spiro atoms. The number of nitro groups is 2. The topological polar surface area (TPSA) is 157 Å². The molecule has 0 aliphatic carbocycles. The lowest BCUT2D eigenvalue weighted by Crippen LogP contribution is -2.14. The maximum Gasteiger partial charge on any atom is 0.319 e. The van der Waals surface area contributed by atoms with Gasteiger partial charge in [-0.3, -0.25) is 25.0 Å². The van der Waals surface area contributed by atoms with Crippen LogP contribution >= 0.6 is 0 Å². The van der Waals surface area contributed by atoms with Crippen LogP contribution in [0.3, 0.4) is 0 Å². The summed E-state index contributed by atoms with van der Waals surface area (Å²) in [5.74, 6) is -0.950. The number of anilines is 3. The summed E-state index contributed by atoms with van der Waals surface area (Å²) >= 11 is 0. The second kappa shape index (κ2) is 6.45. The number of rotatable bonds is 6. The van der Waals surface area contributed by atoms with Gasteiger partial charge in [-0.15, -0.1) is 0 Å². The van der Waals surface area contributed by atoms with Gasteiger partial charge in [0.05, 0.1) is 16.1 Å². The van der Waals surface area contributed by atoms with Gasteiger partial charge in [0.1, 0.15) is 6.07 Å². The molecule has 1 aromatic carbocycles. The monoisotopic (exact) mass is 353 g/mol. The van der Waals surface area contributed by atoms with E-state index >= 15 is 0 Å². The molecule has 24 heavy (non-hydrogen) atoms. The van der Waals surface area contributed by atoms with Crippen LogP contribution in [0.4, 0.5) is 28.7 Å². The molecule has 2 rings (SSSR count). The number of benzene rings is 1. The molecule has 0 fully saturated rings. The van der Waals surface area contributed by atoms with Crippen LogP contribution in [0.15, 0.2) is 36.4 Å². The summed E-state index contributed by atoms with van der Waals surface area (Å²) in [7, 11) is -3.87. The van der Waals surface area contributed by atoms with Crippen molar-refractivity contribution < 1.29 is 18.3 Å². The Hall–Kier alpha value is -3.28. The van der Waals surface area contributed by atoms with Gasteiger partial charge in [-0.2, -0.15) is 4.98 Å². The van der Waals surface area contributed by atoms with Gasteiger partial charge in [0, 0.05) is 5.69 Å². The first-order chi connectivity index (χ1) is 11.2. The average Bonchev–Trinajstić information content (AvgIpc) is 2.46. The normalized spacial score (nSPS) is 10.9. The summed E-state index contributed by atoms with van der Waals surface area (Å²) in [4.78, 5) is 24.1. The third-order valence-corrected chi connectivity index (χ3v) is 3.26. The van der Waals surface area contributed by atoms with Crippen LogP contribution in [-0.2, 0) is 10.0 Å². The van der Waals surface area contributed by atoms with Gasteiger partial charge < -0.3 is 5.32 Å². The van der Waals surface area contributed by atoms with E-state index in [2.05, 4.69) is 10.3 Å². The van der Waals surface area contributed by atoms with Crippen molar-refractivity contribution in [1.29, 1.82) is 0 Å². The van der Waals surface area contributed by atoms with Crippen molar-refractivity contribution in [2.24, 2.45) is 0 Å². The Balaban J connectivity index is 2.61. The van der Waals surface area contributed by atoms with E-state index in [0.29, 0.717) is 11.8 Å². The number of hydrogen-bond acceptors (Lipinski definition) is 8. The lowest BCUT2D eigenvalue weighted by Gasteiger charge is -2.09. The molecule has 1 heterocycles. The highest BCUT2D eigenvalue weighted by atomic mass is 32.2. The number of sulfonamides is 1. The Morgan fingerprint density at radius 1 is 1.00 bits per heavy atom. The predicted molar refractivity (Wildman–Crippen MR) is 85.7 cm³/mol. The van der Waals surface area contributed by atoms with Crippen LogP contribution in [0.25, 0.3) is 0 Å². The summed E-state index contributed by atoms with van der Waals surface area (Å²) < 4.78 is 24.6. The molecule has 1 aromatic heterocycles. The highest BCUT2D eigenvalue weighted by molar-refractivity contribution is 7.92. The van der Waals surface area contributed by atoms with Gasteiger partial charge in [-0.1, -0.05) is 18.2 Å². The minimum absolute atomic E-state index is 0.331. The zero-order chi connectivity index (χ0) is 17.9. The fraction of sp³-hybridized carbons (Fsp3) is 0.0833. The van der Waals surface area contributed by atoms with Crippen molar-refractivity contribution in [2.75, 3.05) is 16.3 Å². The van der Waals surface area contributed by atoms with E-state index in [0.717, 1.165) is 6.26 Å². The van der Waals surface area contributed by atoms with Crippen LogP contribution in [0.1, 0.15) is 0 Å². The quantitative estimate of drug-likeness (QED) is 0.589. The van der Waals surface area contributed by atoms with Crippen molar-refractivity contribution in [3.05, 3.63) is 56.6 Å². The van der Waals surface area contributed by atoms with Crippen LogP contribution < -0.4 is 10.0 Å². The van der Waals surface area contributed by atoms with Crippen LogP contribution in [-0.4, -0.2) is 29.5 Å². The SMILES string of the molecule is CS(=O)(=O)Nc1nc(Nc2ccccc2)c([N+](=O)[O-])cc1[N+](=O)[O-]. The van der Waals surface area contributed by atoms with E-state index in [4.69, 9.17) is 0 Å². The van der Waals surface area contributed by atoms with Gasteiger partial charge >= 0.3 is 11.4 Å². The molecule has 2 aromatic rings. The number of hydrogen-bond donors (Lipinski definition) is 2. The van der Waals surface area contributed by atoms with Gasteiger partial charge in [0.15, 0.2) is 0 Å². The molecule has 0 radical (unpaired) electrons. The minimum atomic E-state index is -3.87. The fourth-order valence-corrected chi connectivity index (χ4v) is 2.27. The number of nitrogens with one attached hydrogen (secondary N) is 2. The minimum Gasteiger partial charge on any atom is -0.334 e. The maximum atomic E-state index is 11.3. The summed E-state index contributed by atoms with van der Waals surface area (Å²) in [6, 6.07) is 8.88. The van der Waals surface area contributed by atoms with Crippen molar-refractivity contribution >= 4 is 38.7 Å². The molecule has 11 nitrogen and oxygen atoms in total. The molecule has 2 N–H and O–H groups in total. The number of nitrogens with zero attached hydrogens (tertiary/aromatic N) is 3. The Morgan fingerprint density at radius 3 is 2.04 bits per heavy atom. The first-order valence-electron chi connectivity index (χ1n) is 6.31. The van der Waals surface area contributed by atoms with Gasteiger partial charge in [-0.05, 0) is 12.1 Å². The molecule has 0 atom stereocenters. The van der Waals surface area contributed by atoms with Crippen LogP contribution in [0.5, 0.6) is 0 Å². The highest BCUT2D eigenvalue weighted by Gasteiger charge is 2.28. The third-order valence-electron chi connectivity index (χ3n) is 2.69. The lowest BCUT2D eigenvalue weighted by atomic mass is 10.3. The predicted octanol–water partition coefficient (Wildman–Crippen LogP) is 2.01. The lowest BCUT2D eigenvalue weighted by molar-refractivity contribution is -0.393. The highest BCUT2D eigenvalue weighted by Crippen LogP contribution is 2.34. The Morgan fingerprint density at radius 2 is 1.54 bits per heavy atom. The van der Waals surface area contributed by atoms with Crippen LogP contribution in [0, 0.1) is 20.2 Å². The van der Waals surface area contributed by atoms with E-state index in [9.17, 15) is 28.6 Å². The van der Waals surface area contributed by atoms with E-state index in [1.165, 1.54) is 0 Å². The molecular weight excluding hydrogens is 342 g/mol. The first-order valence-corrected chi connectivity index (χ1v) is 8.20. The second-order valence-corrected chi connectivity index (χ2v) is 6.35. The second-order valence-electron chi connectivity index (χ2n) is 4.60. The van der Waals surface area contributed by atoms with E-state index < -0.39 is 37.1 Å². The zero-order valence-electron chi connectivity index (χ0n) is 12.2. The van der Waals surface area contributed by atoms with Gasteiger partial charge in [-0.25, -0.2) is 8.42 Å². The van der Waals surface area contributed by atoms with Gasteiger partial charge in [0.2, 0.25) is 21.7 Å². The number of para-hydroxylation sites is 1. The average molecular weight is 353 g/mol. The molecule has 0 saturated carbocycles. The molecular formula is C12H11N5O6S. The van der Waals surface area contributed by atoms with E-state index in [-0.39, 0.29) is 5.82 Å². The molecule has 126 valence electrons. The van der Waals surface area contributed by atoms with Crippen molar-refractivity contribution in [3.63, 3.8) is 0 Å². The molecule has 0 unspecified atom stereocenters. The van der Waals surface area contributed by atoms with Crippen molar-refractivity contribution in [1.82, 2.24) is 4.98 Å². The Bertz CT molecular complexity index is 900. The smallest absolute Gasteiger partial charge is 0.319 e. The number of aromatic nitrogens is 1. The summed E-state index contributed by atoms with van der Waals surface area (Å²) in [6.45, 7) is 0. The summed E-state index contributed by atoms with van der Waals surface area (Å²) in [6.07, 6.45) is 0.782. The van der Waals surface area contributed by atoms with E-state index in [1.54, 1.807) is 30.3 Å². The molecule has 0 aliphatic rings. The Labute approximate surface area is 135 Å². The van der Waals surface area contributed by atoms with Crippen molar-refractivity contribution in [3.8, 4) is 0 Å². The van der Waals surface area contributed by atoms with Gasteiger partial charge in [0.25, 0.3) is 0 Å². The number of pyridine rings is 1. The first kappa shape index (κ1) is 17.1. The fourth-order valence-electron chi connectivity index (χ4n) is 1.77. The zero-order valence-corrected chi connectivity index (χ0v) is 13.0. The van der Waals surface area contributed by atoms with Crippen LogP contribution in [0.2, 0.25) is 0 Å². The standard InChI is InChI=1S/C12H11N5O6S/c1-24(22,23)15-12-10(17(20)21)7-9(16(18)19)11(14-12)13-8-5-3-2-4-6-8/h2-7H,1H3,(H2,13,14,15). The maximum absolute atomic E-state index is 11.3. The largest absolute Gasteiger partial charge is 0.334 e. The molecule has 0 aliphatic heterocycles. The van der Waals surface area contributed by atoms with Crippen molar-refractivity contribution in [2.45, 2.75) is 0 Å². The molecule has 0 saturated heterocycles. The Kier molecular flexibility index (Phi) is 4.59. The molecule has 0 bridgehead atoms. The summed E-state index contributed by atoms with van der Waals surface area (Å²) in [5, 5.41) is 24.8. The third kappa shape index (κ3) is 4.13. The summed E-state index contributed by atoms with van der Waals surface area (Å²) in [5.41, 5.74) is -1.05.